The molecule has 0 heterocycles. The first-order valence-electron chi connectivity index (χ1n) is 4.63. The van der Waals surface area contributed by atoms with E-state index in [4.69, 9.17) is 0 Å². The lowest BCUT2D eigenvalue weighted by Gasteiger charge is -2.22. The number of hydrogen-bond acceptors (Lipinski definition) is 3. The third kappa shape index (κ3) is 2.42. The highest BCUT2D eigenvalue weighted by Crippen LogP contribution is 2.13. The minimum atomic E-state index is 1.03. The van der Waals surface area contributed by atoms with Crippen LogP contribution in [0, 0.1) is 0 Å². The quantitative estimate of drug-likeness (QED) is 0.752. The van der Waals surface area contributed by atoms with Crippen LogP contribution < -0.4 is 15.5 Å². The fourth-order valence-electron chi connectivity index (χ4n) is 1.26. The Balaban J connectivity index is 2.83. The first-order valence-corrected chi connectivity index (χ1v) is 4.63. The Bertz CT molecular complexity index is 293. The van der Waals surface area contributed by atoms with Crippen LogP contribution >= 0.6 is 0 Å². The van der Waals surface area contributed by atoms with Crippen molar-refractivity contribution in [3.63, 3.8) is 0 Å². The highest BCUT2D eigenvalue weighted by molar-refractivity contribution is 5.50. The molecule has 0 aliphatic heterocycles. The van der Waals surface area contributed by atoms with E-state index in [-0.39, 0.29) is 0 Å². The van der Waals surface area contributed by atoms with E-state index in [1.54, 1.807) is 0 Å². The van der Waals surface area contributed by atoms with Crippen LogP contribution in [-0.4, -0.2) is 21.1 Å². The molecule has 1 aromatic rings. The topological polar surface area (TPSA) is 27.3 Å². The molecule has 0 unspecified atom stereocenters. The summed E-state index contributed by atoms with van der Waals surface area (Å²) in [5, 5.41) is 6.13. The van der Waals surface area contributed by atoms with Crippen molar-refractivity contribution in [3.05, 3.63) is 42.4 Å². The van der Waals surface area contributed by atoms with E-state index >= 15 is 0 Å². The third-order valence-corrected chi connectivity index (χ3v) is 2.04. The maximum absolute atomic E-state index is 3.13. The fraction of sp³-hybridized carbons (Fsp3) is 0.273. The lowest BCUT2D eigenvalue weighted by molar-refractivity contribution is 0.872. The fourth-order valence-corrected chi connectivity index (χ4v) is 1.26. The molecule has 0 bridgehead atoms. The summed E-state index contributed by atoms with van der Waals surface area (Å²) in [5.74, 6) is 1.03. The molecule has 0 fully saturated rings. The standard InChI is InChI=1S/C11H17N3/c1-12-9-11(13-2)14(3)10-7-5-4-6-8-10/h4-9,12-13H,1-3H3/b11-9+. The molecule has 3 heteroatoms. The zero-order valence-corrected chi connectivity index (χ0v) is 8.91. The van der Waals surface area contributed by atoms with Gasteiger partial charge in [0.25, 0.3) is 0 Å². The monoisotopic (exact) mass is 191 g/mol. The summed E-state index contributed by atoms with van der Waals surface area (Å²) in [7, 11) is 5.81. The van der Waals surface area contributed by atoms with Crippen LogP contribution in [-0.2, 0) is 0 Å². The summed E-state index contributed by atoms with van der Waals surface area (Å²) >= 11 is 0. The van der Waals surface area contributed by atoms with Gasteiger partial charge >= 0.3 is 0 Å². The van der Waals surface area contributed by atoms with Crippen LogP contribution in [0.3, 0.4) is 0 Å². The molecule has 0 atom stereocenters. The van der Waals surface area contributed by atoms with Crippen molar-refractivity contribution in [2.45, 2.75) is 0 Å². The number of nitrogens with zero attached hydrogens (tertiary/aromatic N) is 1. The van der Waals surface area contributed by atoms with Crippen LogP contribution in [0.5, 0.6) is 0 Å². The maximum atomic E-state index is 3.13. The first kappa shape index (κ1) is 10.4. The number of anilines is 1. The van der Waals surface area contributed by atoms with Gasteiger partial charge in [-0.25, -0.2) is 0 Å². The maximum Gasteiger partial charge on any atom is 0.121 e. The van der Waals surface area contributed by atoms with Gasteiger partial charge in [-0.1, -0.05) is 18.2 Å². The Kier molecular flexibility index (Phi) is 3.85. The van der Waals surface area contributed by atoms with Gasteiger partial charge in [0.15, 0.2) is 0 Å². The SMILES string of the molecule is CN/C=C(\NC)N(C)c1ccccc1. The van der Waals surface area contributed by atoms with Crippen molar-refractivity contribution in [2.75, 3.05) is 26.0 Å². The molecule has 1 aromatic carbocycles. The van der Waals surface area contributed by atoms with E-state index in [0.29, 0.717) is 0 Å². The first-order chi connectivity index (χ1) is 6.79. The Hall–Kier alpha value is -1.64. The van der Waals surface area contributed by atoms with Gasteiger partial charge in [-0.3, -0.25) is 0 Å². The van der Waals surface area contributed by atoms with Crippen molar-refractivity contribution in [3.8, 4) is 0 Å². The molecule has 0 saturated carbocycles. The van der Waals surface area contributed by atoms with Crippen LogP contribution in [0.1, 0.15) is 0 Å². The van der Waals surface area contributed by atoms with Gasteiger partial charge in [0.2, 0.25) is 0 Å². The van der Waals surface area contributed by atoms with Crippen molar-refractivity contribution in [1.29, 1.82) is 0 Å². The van der Waals surface area contributed by atoms with Crippen LogP contribution in [0.2, 0.25) is 0 Å². The van der Waals surface area contributed by atoms with Gasteiger partial charge in [0.1, 0.15) is 5.82 Å². The van der Waals surface area contributed by atoms with Crippen molar-refractivity contribution in [2.24, 2.45) is 0 Å². The molecule has 0 radical (unpaired) electrons. The lowest BCUT2D eigenvalue weighted by Crippen LogP contribution is -2.27. The average molecular weight is 191 g/mol. The largest absolute Gasteiger partial charge is 0.391 e. The lowest BCUT2D eigenvalue weighted by atomic mass is 10.3. The molecular formula is C11H17N3. The summed E-state index contributed by atoms with van der Waals surface area (Å²) in [6.45, 7) is 0. The molecule has 76 valence electrons. The number of para-hydroxylation sites is 1. The highest BCUT2D eigenvalue weighted by atomic mass is 15.2. The van der Waals surface area contributed by atoms with Gasteiger partial charge in [-0.2, -0.15) is 0 Å². The second kappa shape index (κ2) is 5.17. The molecule has 2 N–H and O–H groups in total. The second-order valence-electron chi connectivity index (χ2n) is 2.96. The number of hydrogen-bond donors (Lipinski definition) is 2. The van der Waals surface area contributed by atoms with E-state index in [0.717, 1.165) is 11.5 Å². The molecule has 0 saturated heterocycles. The summed E-state index contributed by atoms with van der Waals surface area (Å²) in [5.41, 5.74) is 1.16. The van der Waals surface area contributed by atoms with E-state index in [1.807, 2.05) is 45.5 Å². The van der Waals surface area contributed by atoms with E-state index in [9.17, 15) is 0 Å². The zero-order chi connectivity index (χ0) is 10.4. The number of benzene rings is 1. The van der Waals surface area contributed by atoms with Crippen molar-refractivity contribution in [1.82, 2.24) is 10.6 Å². The van der Waals surface area contributed by atoms with Gasteiger partial charge < -0.3 is 15.5 Å². The van der Waals surface area contributed by atoms with Gasteiger partial charge in [-0.15, -0.1) is 0 Å². The van der Waals surface area contributed by atoms with Crippen molar-refractivity contribution >= 4 is 5.69 Å². The molecule has 14 heavy (non-hydrogen) atoms. The number of rotatable bonds is 4. The van der Waals surface area contributed by atoms with Gasteiger partial charge in [0, 0.05) is 33.0 Å². The summed E-state index contributed by atoms with van der Waals surface area (Å²) in [6.07, 6.45) is 1.92. The predicted octanol–water partition coefficient (Wildman–Crippen LogP) is 1.36. The smallest absolute Gasteiger partial charge is 0.121 e. The van der Waals surface area contributed by atoms with Crippen LogP contribution in [0.4, 0.5) is 5.69 Å². The zero-order valence-electron chi connectivity index (χ0n) is 8.91. The Labute approximate surface area is 85.4 Å². The Morgan fingerprint density at radius 2 is 1.86 bits per heavy atom. The molecular weight excluding hydrogens is 174 g/mol. The molecule has 0 amide bonds. The normalized spacial score (nSPS) is 10.9. The third-order valence-electron chi connectivity index (χ3n) is 2.04. The molecule has 0 aromatic heterocycles. The minimum Gasteiger partial charge on any atom is -0.391 e. The Morgan fingerprint density at radius 1 is 1.21 bits per heavy atom. The molecule has 0 aliphatic rings. The summed E-state index contributed by atoms with van der Waals surface area (Å²) in [4.78, 5) is 2.08. The van der Waals surface area contributed by atoms with Crippen LogP contribution in [0.25, 0.3) is 0 Å². The van der Waals surface area contributed by atoms with Gasteiger partial charge in [0.05, 0.1) is 0 Å². The molecule has 0 aliphatic carbocycles. The minimum absolute atomic E-state index is 1.03. The number of nitrogens with one attached hydrogen (secondary N) is 2. The van der Waals surface area contributed by atoms with Crippen LogP contribution in [0.15, 0.2) is 42.4 Å². The molecule has 0 spiro atoms. The predicted molar refractivity (Wildman–Crippen MR) is 61.0 cm³/mol. The van der Waals surface area contributed by atoms with E-state index in [2.05, 4.69) is 27.7 Å². The summed E-state index contributed by atoms with van der Waals surface area (Å²) in [6, 6.07) is 10.2. The Morgan fingerprint density at radius 3 is 2.36 bits per heavy atom. The second-order valence-corrected chi connectivity index (χ2v) is 2.96. The summed E-state index contributed by atoms with van der Waals surface area (Å²) < 4.78 is 0. The molecule has 1 rings (SSSR count). The highest BCUT2D eigenvalue weighted by Gasteiger charge is 2.03. The average Bonchev–Trinajstić information content (AvgIpc) is 2.26. The van der Waals surface area contributed by atoms with E-state index < -0.39 is 0 Å². The van der Waals surface area contributed by atoms with Crippen molar-refractivity contribution < 1.29 is 0 Å². The van der Waals surface area contributed by atoms with Gasteiger partial charge in [-0.05, 0) is 12.1 Å². The van der Waals surface area contributed by atoms with E-state index in [1.165, 1.54) is 0 Å². The molecule has 3 nitrogen and oxygen atoms in total.